The second-order valence-corrected chi connectivity index (χ2v) is 5.76. The molecule has 66 valence electrons. The Kier molecular flexibility index (Phi) is 3.50. The van der Waals surface area contributed by atoms with Crippen molar-refractivity contribution in [2.24, 2.45) is 0 Å². The molecule has 1 aromatic rings. The Bertz CT molecular complexity index is 360. The van der Waals surface area contributed by atoms with Crippen molar-refractivity contribution in [3.8, 4) is 0 Å². The van der Waals surface area contributed by atoms with Crippen molar-refractivity contribution in [3.63, 3.8) is 0 Å². The number of rotatable bonds is 2. The van der Waals surface area contributed by atoms with Gasteiger partial charge in [-0.15, -0.1) is 0 Å². The third kappa shape index (κ3) is 2.68. The molecule has 0 spiro atoms. The van der Waals surface area contributed by atoms with Crippen LogP contribution < -0.4 is 0 Å². The van der Waals surface area contributed by atoms with Crippen molar-refractivity contribution >= 4 is 18.7 Å². The average molecular weight is 401 g/mol. The van der Waals surface area contributed by atoms with E-state index in [1.165, 1.54) is 43.9 Å². The molecule has 0 aliphatic rings. The Labute approximate surface area is 87.9 Å². The van der Waals surface area contributed by atoms with E-state index in [0.29, 0.717) is 0 Å². The van der Waals surface area contributed by atoms with E-state index in [9.17, 15) is 12.3 Å². The summed E-state index contributed by atoms with van der Waals surface area (Å²) in [5.41, 5.74) is 0. The van der Waals surface area contributed by atoms with Gasteiger partial charge in [-0.1, -0.05) is 0 Å². The van der Waals surface area contributed by atoms with E-state index in [4.69, 9.17) is 0 Å². The molecule has 6 heteroatoms. The molecule has 1 rings (SSSR count). The number of benzene rings is 1. The Morgan fingerprint density at radius 3 is 2.08 bits per heavy atom. The van der Waals surface area contributed by atoms with Crippen LogP contribution in [0.25, 0.3) is 0 Å². The molecule has 1 aromatic carbocycles. The van der Waals surface area contributed by atoms with Crippen LogP contribution in [0.4, 0.5) is 3.89 Å². The van der Waals surface area contributed by atoms with Crippen molar-refractivity contribution in [2.45, 2.75) is 9.79 Å². The molecule has 0 saturated heterocycles. The van der Waals surface area contributed by atoms with Gasteiger partial charge in [0.05, 0.1) is 0 Å². The molecule has 0 aliphatic carbocycles. The molecule has 0 unspecified atom stereocenters. The fraction of sp³-hybridized carbons (Fsp3) is 0. The quantitative estimate of drug-likeness (QED) is 0.711. The zero-order chi connectivity index (χ0) is 9.19. The van der Waals surface area contributed by atoms with Gasteiger partial charge in [-0.3, -0.25) is 0 Å². The average Bonchev–Trinajstić information content (AvgIpc) is 2.03. The van der Waals surface area contributed by atoms with Crippen molar-refractivity contribution in [2.75, 3.05) is 0 Å². The molecule has 0 N–H and O–H groups in total. The molecule has 0 radical (unpaired) electrons. The molecule has 0 bridgehead atoms. The van der Waals surface area contributed by atoms with Crippen LogP contribution in [-0.4, -0.2) is 8.42 Å². The van der Waals surface area contributed by atoms with Gasteiger partial charge in [-0.05, 0) is 0 Å². The maximum atomic E-state index is 12.3. The summed E-state index contributed by atoms with van der Waals surface area (Å²) < 4.78 is 33.1. The van der Waals surface area contributed by atoms with Crippen LogP contribution in [0, 0.1) is 23.3 Å². The summed E-state index contributed by atoms with van der Waals surface area (Å²) in [7, 11) is -3.01. The van der Waals surface area contributed by atoms with E-state index >= 15 is 0 Å². The molecule has 0 saturated carbocycles. The fourth-order valence-electron chi connectivity index (χ4n) is 0.654. The molecule has 0 aliphatic heterocycles. The summed E-state index contributed by atoms with van der Waals surface area (Å²) in [6, 6.07) is 5.68. The SMILES string of the molecule is O=S(=O)(F)c1ccc(S[At])cc1. The zero-order valence-corrected chi connectivity index (χ0v) is 10.3. The van der Waals surface area contributed by atoms with E-state index in [-0.39, 0.29) is 4.90 Å². The first-order valence-electron chi connectivity index (χ1n) is 2.87. The predicted molar refractivity (Wildman–Crippen MR) is 40.6 cm³/mol. The van der Waals surface area contributed by atoms with Crippen molar-refractivity contribution in [1.82, 2.24) is 0 Å². The third-order valence-electron chi connectivity index (χ3n) is 1.19. The maximum absolute atomic E-state index is 12.3. The second-order valence-electron chi connectivity index (χ2n) is 1.99. The van der Waals surface area contributed by atoms with E-state index in [2.05, 4.69) is 0 Å². The second kappa shape index (κ2) is 4.03. The summed E-state index contributed by atoms with van der Waals surface area (Å²) in [6.07, 6.45) is 0. The summed E-state index contributed by atoms with van der Waals surface area (Å²) in [5, 5.41) is 0. The van der Waals surface area contributed by atoms with Crippen LogP contribution in [-0.2, 0) is 10.2 Å². The predicted octanol–water partition coefficient (Wildman–Crippen LogP) is 1.90. The number of halogens is 1. The van der Waals surface area contributed by atoms with Crippen LogP contribution in [0.2, 0.25) is 0 Å². The Morgan fingerprint density at radius 1 is 1.25 bits per heavy atom. The Hall–Kier alpha value is 0.333. The van der Waals surface area contributed by atoms with Crippen LogP contribution in [0.5, 0.6) is 0 Å². The van der Waals surface area contributed by atoms with Gasteiger partial charge < -0.3 is 0 Å². The summed E-state index contributed by atoms with van der Waals surface area (Å²) >= 11 is 1.49. The topological polar surface area (TPSA) is 34.1 Å². The normalized spacial score (nSPS) is 11.5. The van der Waals surface area contributed by atoms with Gasteiger partial charge in [0.15, 0.2) is 0 Å². The molecule has 0 fully saturated rings. The van der Waals surface area contributed by atoms with E-state index in [1.54, 1.807) is 12.1 Å². The first-order chi connectivity index (χ1) is 5.54. The summed E-state index contributed by atoms with van der Waals surface area (Å²) in [6.45, 7) is 0. The Balaban J connectivity index is 3.09. The molecule has 0 heterocycles. The minimum atomic E-state index is -4.53. The fourth-order valence-corrected chi connectivity index (χ4v) is 2.55. The van der Waals surface area contributed by atoms with E-state index in [0.717, 1.165) is 4.90 Å². The van der Waals surface area contributed by atoms with E-state index < -0.39 is 10.2 Å². The zero-order valence-electron chi connectivity index (χ0n) is 5.70. The van der Waals surface area contributed by atoms with E-state index in [1.807, 2.05) is 0 Å². The van der Waals surface area contributed by atoms with Gasteiger partial charge in [-0.2, -0.15) is 0 Å². The van der Waals surface area contributed by atoms with Gasteiger partial charge in [-0.25, -0.2) is 0 Å². The monoisotopic (exact) mass is 401 g/mol. The first kappa shape index (κ1) is 10.4. The number of hydrogen-bond donors (Lipinski definition) is 0. The van der Waals surface area contributed by atoms with Gasteiger partial charge in [0.2, 0.25) is 0 Å². The molecule has 0 aromatic heterocycles. The van der Waals surface area contributed by atoms with Crippen LogP contribution in [0.15, 0.2) is 34.1 Å². The Morgan fingerprint density at radius 2 is 1.75 bits per heavy atom. The van der Waals surface area contributed by atoms with Crippen molar-refractivity contribution in [3.05, 3.63) is 24.3 Å². The number of hydrogen-bond acceptors (Lipinski definition) is 3. The first-order valence-corrected chi connectivity index (χ1v) is 8.57. The molecular weight excluding hydrogens is 397 g/mol. The van der Waals surface area contributed by atoms with Gasteiger partial charge in [0.1, 0.15) is 0 Å². The van der Waals surface area contributed by atoms with Gasteiger partial charge >= 0.3 is 88.4 Å². The van der Waals surface area contributed by atoms with Crippen LogP contribution in [0.3, 0.4) is 0 Å². The molecular formula is C6H4AtFO2S2. The standard InChI is InChI=1S/C6H4AtFO2S2/c7-11-5-1-3-6(4-2-5)12(8,9)10/h1-4H. The summed E-state index contributed by atoms with van der Waals surface area (Å²) in [4.78, 5) is 0.644. The van der Waals surface area contributed by atoms with Crippen LogP contribution in [0.1, 0.15) is 0 Å². The summed E-state index contributed by atoms with van der Waals surface area (Å²) in [5.74, 6) is 0. The van der Waals surface area contributed by atoms with Gasteiger partial charge in [0, 0.05) is 0 Å². The molecule has 2 nitrogen and oxygen atoms in total. The van der Waals surface area contributed by atoms with Crippen LogP contribution >= 0.6 is 8.52 Å². The van der Waals surface area contributed by atoms with Crippen molar-refractivity contribution in [1.29, 1.82) is 0 Å². The third-order valence-corrected chi connectivity index (χ3v) is 4.56. The van der Waals surface area contributed by atoms with Gasteiger partial charge in [0.25, 0.3) is 0 Å². The van der Waals surface area contributed by atoms with Crippen molar-refractivity contribution < 1.29 is 35.6 Å². The molecule has 0 amide bonds. The molecule has 0 atom stereocenters. The molecule has 12 heavy (non-hydrogen) atoms. The minimum absolute atomic E-state index is 0.285.